The first-order valence-electron chi connectivity index (χ1n) is 24.2. The predicted molar refractivity (Wildman–Crippen MR) is 256 cm³/mol. The first-order valence-corrected chi connectivity index (χ1v) is 27.2. The van der Waals surface area contributed by atoms with Gasteiger partial charge in [-0.3, -0.25) is 27.7 Å². The van der Waals surface area contributed by atoms with E-state index in [0.29, 0.717) is 34.9 Å². The van der Waals surface area contributed by atoms with Crippen molar-refractivity contribution in [3.8, 4) is 0 Å². The van der Waals surface area contributed by atoms with Gasteiger partial charge in [-0.2, -0.15) is 0 Å². The smallest absolute Gasteiger partial charge is 0.387 e. The molecular formula is C46H94N4O12P2+2. The van der Waals surface area contributed by atoms with Crippen molar-refractivity contribution >= 4 is 27.5 Å². The number of nitrogens with one attached hydrogen (secondary N) is 2. The lowest BCUT2D eigenvalue weighted by atomic mass is 10.0. The molecule has 0 aliphatic heterocycles. The van der Waals surface area contributed by atoms with E-state index in [-0.39, 0.29) is 51.1 Å². The molecule has 0 radical (unpaired) electrons. The lowest BCUT2D eigenvalue weighted by molar-refractivity contribution is -0.870. The highest BCUT2D eigenvalue weighted by atomic mass is 31.2. The van der Waals surface area contributed by atoms with Crippen LogP contribution < -0.4 is 10.6 Å². The Labute approximate surface area is 388 Å². The molecule has 64 heavy (non-hydrogen) atoms. The van der Waals surface area contributed by atoms with Crippen LogP contribution in [0.2, 0.25) is 0 Å². The number of aliphatic hydroxyl groups is 2. The highest BCUT2D eigenvalue weighted by molar-refractivity contribution is 7.47. The van der Waals surface area contributed by atoms with Crippen LogP contribution in [0.3, 0.4) is 0 Å². The molecule has 0 spiro atoms. The van der Waals surface area contributed by atoms with Crippen molar-refractivity contribution in [2.75, 3.05) is 81.8 Å². The summed E-state index contributed by atoms with van der Waals surface area (Å²) in [4.78, 5) is 46.0. The normalized spacial score (nSPS) is 16.4. The zero-order chi connectivity index (χ0) is 48.3. The fourth-order valence-corrected chi connectivity index (χ4v) is 7.87. The van der Waals surface area contributed by atoms with Crippen molar-refractivity contribution in [3.63, 3.8) is 0 Å². The molecule has 2 amide bonds. The third-order valence-corrected chi connectivity index (χ3v) is 12.5. The van der Waals surface area contributed by atoms with Crippen LogP contribution in [-0.2, 0) is 36.8 Å². The molecule has 0 saturated carbocycles. The minimum Gasteiger partial charge on any atom is -0.387 e. The molecule has 0 aromatic carbocycles. The van der Waals surface area contributed by atoms with Crippen LogP contribution in [0.15, 0.2) is 24.3 Å². The van der Waals surface area contributed by atoms with Crippen LogP contribution in [0.25, 0.3) is 0 Å². The number of phosphoric ester groups is 2. The van der Waals surface area contributed by atoms with Crippen LogP contribution in [-0.4, -0.2) is 147 Å². The van der Waals surface area contributed by atoms with Crippen LogP contribution in [0.5, 0.6) is 0 Å². The number of aliphatic hydroxyl groups excluding tert-OH is 2. The summed E-state index contributed by atoms with van der Waals surface area (Å²) < 4.78 is 46.7. The fraction of sp³-hybridized carbons (Fsp3) is 0.870. The molecule has 0 aromatic heterocycles. The van der Waals surface area contributed by atoms with Gasteiger partial charge in [-0.05, 0) is 38.5 Å². The van der Waals surface area contributed by atoms with Gasteiger partial charge >= 0.3 is 15.6 Å². The maximum Gasteiger partial charge on any atom is 0.472 e. The van der Waals surface area contributed by atoms with Gasteiger partial charge in [-0.15, -0.1) is 0 Å². The summed E-state index contributed by atoms with van der Waals surface area (Å²) in [5.41, 5.74) is 0. The molecule has 0 heterocycles. The molecule has 0 saturated heterocycles. The first kappa shape index (κ1) is 62.5. The number of carbonyl (C=O) groups excluding carboxylic acids is 2. The van der Waals surface area contributed by atoms with E-state index in [9.17, 15) is 38.7 Å². The Hall–Kier alpha value is -1.52. The van der Waals surface area contributed by atoms with E-state index in [1.54, 1.807) is 12.2 Å². The van der Waals surface area contributed by atoms with Crippen molar-refractivity contribution in [2.24, 2.45) is 0 Å². The largest absolute Gasteiger partial charge is 0.472 e. The van der Waals surface area contributed by atoms with Crippen molar-refractivity contribution in [2.45, 2.75) is 179 Å². The van der Waals surface area contributed by atoms with Gasteiger partial charge in [-0.1, -0.05) is 128 Å². The number of unbranched alkanes of at least 4 members (excludes halogenated alkanes) is 17. The second kappa shape index (κ2) is 36.5. The average molecular weight is 957 g/mol. The van der Waals surface area contributed by atoms with E-state index in [1.165, 1.54) is 0 Å². The molecule has 18 heteroatoms. The van der Waals surface area contributed by atoms with Gasteiger partial charge in [0.15, 0.2) is 0 Å². The highest BCUT2D eigenvalue weighted by Crippen LogP contribution is 2.44. The molecule has 0 rings (SSSR count). The zero-order valence-corrected chi connectivity index (χ0v) is 43.1. The summed E-state index contributed by atoms with van der Waals surface area (Å²) >= 11 is 0. The molecule has 378 valence electrons. The number of amides is 2. The Morgan fingerprint density at radius 3 is 1.12 bits per heavy atom. The van der Waals surface area contributed by atoms with Crippen LogP contribution in [0.1, 0.15) is 155 Å². The number of nitrogens with zero attached hydrogens (tertiary/aromatic N) is 2. The van der Waals surface area contributed by atoms with Crippen molar-refractivity contribution in [1.82, 2.24) is 10.6 Å². The summed E-state index contributed by atoms with van der Waals surface area (Å²) in [7, 11) is 2.90. The second-order valence-electron chi connectivity index (χ2n) is 19.1. The lowest BCUT2D eigenvalue weighted by Gasteiger charge is -2.25. The van der Waals surface area contributed by atoms with Crippen LogP contribution >= 0.6 is 15.6 Å². The Balaban J connectivity index is 4.50. The number of likely N-dealkylation sites (N-methyl/N-ethyl adjacent to an activating group) is 2. The van der Waals surface area contributed by atoms with Gasteiger partial charge in [0.25, 0.3) is 0 Å². The minimum atomic E-state index is -4.37. The summed E-state index contributed by atoms with van der Waals surface area (Å²) in [6.07, 6.45) is 25.2. The number of quaternary nitrogens is 2. The Morgan fingerprint density at radius 2 is 0.828 bits per heavy atom. The second-order valence-corrected chi connectivity index (χ2v) is 22.0. The number of allylic oxidation sites excluding steroid dienone is 2. The summed E-state index contributed by atoms with van der Waals surface area (Å²) in [5.74, 6) is -0.485. The maximum atomic E-state index is 12.8. The quantitative estimate of drug-likeness (QED) is 0.0148. The van der Waals surface area contributed by atoms with E-state index in [4.69, 9.17) is 18.1 Å². The Bertz CT molecular complexity index is 1260. The fourth-order valence-electron chi connectivity index (χ4n) is 6.40. The SMILES string of the molecule is CCCCC/C=C/[C@@H](O)[C@H](COP(=O)(O)OCC[N+](C)(C)C)NC(=O)CCCCCCCCCCCCCCC(=O)N[C@@H](COP(=O)(O)OCC[N+](C)(C)C)[C@H](O)/C=C/CCCCC. The topological polar surface area (TPSA) is 210 Å². The van der Waals surface area contributed by atoms with Gasteiger partial charge in [-0.25, -0.2) is 9.13 Å². The molecule has 0 aromatic rings. The van der Waals surface area contributed by atoms with Crippen molar-refractivity contribution in [3.05, 3.63) is 24.3 Å². The van der Waals surface area contributed by atoms with Gasteiger partial charge in [0, 0.05) is 12.8 Å². The van der Waals surface area contributed by atoms with E-state index < -0.39 is 39.9 Å². The maximum absolute atomic E-state index is 12.8. The number of hydrogen-bond donors (Lipinski definition) is 6. The van der Waals surface area contributed by atoms with Crippen molar-refractivity contribution in [1.29, 1.82) is 0 Å². The van der Waals surface area contributed by atoms with E-state index in [1.807, 2.05) is 54.4 Å². The minimum absolute atomic E-state index is 0.0271. The lowest BCUT2D eigenvalue weighted by Crippen LogP contribution is -2.45. The third kappa shape index (κ3) is 39.6. The molecule has 6 atom stereocenters. The third-order valence-electron chi connectivity index (χ3n) is 10.6. The monoisotopic (exact) mass is 957 g/mol. The number of phosphoric acid groups is 2. The van der Waals surface area contributed by atoms with Crippen LogP contribution in [0, 0.1) is 0 Å². The average Bonchev–Trinajstić information content (AvgIpc) is 3.19. The van der Waals surface area contributed by atoms with E-state index in [0.717, 1.165) is 116 Å². The molecule has 0 fully saturated rings. The van der Waals surface area contributed by atoms with E-state index >= 15 is 0 Å². The molecule has 0 bridgehead atoms. The van der Waals surface area contributed by atoms with Gasteiger partial charge in [0.1, 0.15) is 26.3 Å². The zero-order valence-electron chi connectivity index (χ0n) is 41.3. The predicted octanol–water partition coefficient (Wildman–Crippen LogP) is 8.09. The number of rotatable bonds is 43. The Kier molecular flexibility index (Phi) is 35.6. The molecule has 2 unspecified atom stereocenters. The van der Waals surface area contributed by atoms with Gasteiger partial charge < -0.3 is 39.6 Å². The molecule has 16 nitrogen and oxygen atoms in total. The van der Waals surface area contributed by atoms with Crippen molar-refractivity contribution < 1.29 is 65.8 Å². The van der Waals surface area contributed by atoms with E-state index in [2.05, 4.69) is 24.5 Å². The van der Waals surface area contributed by atoms with Crippen LogP contribution in [0.4, 0.5) is 0 Å². The summed E-state index contributed by atoms with van der Waals surface area (Å²) in [5, 5.41) is 27.2. The molecule has 0 aliphatic carbocycles. The number of carbonyl (C=O) groups is 2. The first-order chi connectivity index (χ1) is 30.1. The highest BCUT2D eigenvalue weighted by Gasteiger charge is 2.29. The standard InChI is InChI=1S/C46H92N4O12P2/c1-9-11-13-23-27-31-43(51)41(39-61-63(55,56)59-37-35-49(3,4)5)47-45(53)33-29-25-21-19-17-15-16-18-20-22-26-30-34-46(54)48-42(44(52)32-28-24-14-12-10-2)40-62-64(57,58)60-38-36-50(6,7)8/h27-28,31-32,41-44,51-52H,9-26,29-30,33-40H2,1-8H3,(H2-2,47,48,53,54,55,56,57,58)/p+2/b31-27+,32-28+/t41-,42-,43+,44+/m0/s1. The molecule has 6 N–H and O–H groups in total. The van der Waals surface area contributed by atoms with Gasteiger partial charge in [0.05, 0.1) is 79.8 Å². The summed E-state index contributed by atoms with van der Waals surface area (Å²) in [6.45, 7) is 4.57. The van der Waals surface area contributed by atoms with Gasteiger partial charge in [0.2, 0.25) is 11.8 Å². The number of hydrogen-bond acceptors (Lipinski definition) is 10. The molecular weight excluding hydrogens is 862 g/mol. The molecule has 0 aliphatic rings. The summed E-state index contributed by atoms with van der Waals surface area (Å²) in [6, 6.07) is -1.79. The Morgan fingerprint density at radius 1 is 0.516 bits per heavy atom.